The van der Waals surface area contributed by atoms with Crippen LogP contribution in [0.5, 0.6) is 5.75 Å². The predicted octanol–water partition coefficient (Wildman–Crippen LogP) is 2.33. The predicted molar refractivity (Wildman–Crippen MR) is 82.2 cm³/mol. The number of hydrogen-bond donors (Lipinski definition) is 3. The van der Waals surface area contributed by atoms with E-state index in [-0.39, 0.29) is 11.7 Å². The van der Waals surface area contributed by atoms with Crippen LogP contribution in [0, 0.1) is 0 Å². The fraction of sp³-hybridized carbons (Fsp3) is 0.571. The monoisotopic (exact) mass is 311 g/mol. The number of carbonyl (C=O) groups is 1. The van der Waals surface area contributed by atoms with Crippen LogP contribution in [0.15, 0.2) is 16.6 Å². The Hall–Kier alpha value is -1.76. The lowest BCUT2D eigenvalue weighted by molar-refractivity contribution is 0.0919. The molecule has 0 unspecified atom stereocenters. The van der Waals surface area contributed by atoms with Gasteiger partial charge in [-0.2, -0.15) is 0 Å². The maximum Gasteiger partial charge on any atom is 0.262 e. The molecule has 0 saturated heterocycles. The van der Waals surface area contributed by atoms with Gasteiger partial charge in [0.25, 0.3) is 5.91 Å². The second kappa shape index (κ2) is 6.80. The number of ether oxygens (including phenoxy) is 1. The zero-order valence-corrected chi connectivity index (χ0v) is 12.9. The Labute approximate surface area is 128 Å². The van der Waals surface area contributed by atoms with E-state index in [1.54, 1.807) is 18.6 Å². The van der Waals surface area contributed by atoms with Crippen molar-refractivity contribution in [2.24, 2.45) is 10.9 Å². The molecule has 4 N–H and O–H groups in total. The molecule has 1 fully saturated rings. The number of methoxy groups -OCH3 is 1. The third kappa shape index (κ3) is 3.47. The number of carbonyl (C=O) groups excluding carboxylic acids is 1. The first-order valence-corrected chi connectivity index (χ1v) is 7.92. The molecule has 0 radical (unpaired) electrons. The maximum absolute atomic E-state index is 12.4. The van der Waals surface area contributed by atoms with Crippen molar-refractivity contribution in [1.82, 2.24) is 5.32 Å². The van der Waals surface area contributed by atoms with E-state index < -0.39 is 5.54 Å². The standard InChI is InChI=1S/C14H21N3O3S/c1-20-10-8-11(21-9-10)12(18)16-14(13(15)17-19)6-4-2-3-5-7-14/h8-9,19H,2-7H2,1H3,(H2,15,17)(H,16,18). The smallest absolute Gasteiger partial charge is 0.262 e. The van der Waals surface area contributed by atoms with Gasteiger partial charge in [-0.3, -0.25) is 4.79 Å². The van der Waals surface area contributed by atoms with Crippen molar-refractivity contribution in [2.45, 2.75) is 44.1 Å². The Bertz CT molecular complexity index is 519. The zero-order valence-electron chi connectivity index (χ0n) is 12.1. The van der Waals surface area contributed by atoms with E-state index in [1.165, 1.54) is 11.3 Å². The second-order valence-corrected chi connectivity index (χ2v) is 6.20. The van der Waals surface area contributed by atoms with E-state index in [9.17, 15) is 4.79 Å². The Morgan fingerprint density at radius 2 is 2.10 bits per heavy atom. The number of hydrogen-bond acceptors (Lipinski definition) is 5. The van der Waals surface area contributed by atoms with Gasteiger partial charge in [0.1, 0.15) is 11.3 Å². The molecular weight excluding hydrogens is 290 g/mol. The largest absolute Gasteiger partial charge is 0.496 e. The van der Waals surface area contributed by atoms with Crippen molar-refractivity contribution >= 4 is 23.1 Å². The number of thiophene rings is 1. The Morgan fingerprint density at radius 1 is 1.43 bits per heavy atom. The minimum absolute atomic E-state index is 0.0845. The third-order valence-electron chi connectivity index (χ3n) is 3.94. The molecule has 21 heavy (non-hydrogen) atoms. The minimum atomic E-state index is -0.750. The molecule has 7 heteroatoms. The summed E-state index contributed by atoms with van der Waals surface area (Å²) in [6.45, 7) is 0. The summed E-state index contributed by atoms with van der Waals surface area (Å²) in [4.78, 5) is 13.0. The molecular formula is C14H21N3O3S. The average Bonchev–Trinajstić information content (AvgIpc) is 2.87. The number of nitrogens with zero attached hydrogens (tertiary/aromatic N) is 1. The van der Waals surface area contributed by atoms with Crippen LogP contribution in [-0.4, -0.2) is 29.6 Å². The summed E-state index contributed by atoms with van der Waals surface area (Å²) in [5, 5.41) is 17.0. The first-order chi connectivity index (χ1) is 10.1. The van der Waals surface area contributed by atoms with Gasteiger partial charge in [-0.25, -0.2) is 0 Å². The fourth-order valence-electron chi connectivity index (χ4n) is 2.70. The highest BCUT2D eigenvalue weighted by atomic mass is 32.1. The molecule has 6 nitrogen and oxygen atoms in total. The zero-order chi connectivity index (χ0) is 15.3. The van der Waals surface area contributed by atoms with Crippen molar-refractivity contribution in [2.75, 3.05) is 7.11 Å². The molecule has 1 saturated carbocycles. The molecule has 0 spiro atoms. The Kier molecular flexibility index (Phi) is 5.06. The van der Waals surface area contributed by atoms with Crippen LogP contribution in [0.4, 0.5) is 0 Å². The molecule has 0 atom stereocenters. The van der Waals surface area contributed by atoms with Crippen molar-refractivity contribution in [3.05, 3.63) is 16.3 Å². The first kappa shape index (κ1) is 15.6. The number of rotatable bonds is 4. The number of amidine groups is 1. The van der Waals surface area contributed by atoms with Gasteiger partial charge in [0.2, 0.25) is 0 Å². The van der Waals surface area contributed by atoms with Crippen LogP contribution >= 0.6 is 11.3 Å². The number of nitrogens with two attached hydrogens (primary N) is 1. The number of nitrogens with one attached hydrogen (secondary N) is 1. The lowest BCUT2D eigenvalue weighted by atomic mass is 9.88. The van der Waals surface area contributed by atoms with Gasteiger partial charge in [-0.1, -0.05) is 30.8 Å². The summed E-state index contributed by atoms with van der Waals surface area (Å²) in [6, 6.07) is 1.69. The molecule has 1 amide bonds. The number of amides is 1. The van der Waals surface area contributed by atoms with E-state index in [0.717, 1.165) is 25.7 Å². The molecule has 0 bridgehead atoms. The van der Waals surface area contributed by atoms with E-state index in [1.807, 2.05) is 0 Å². The van der Waals surface area contributed by atoms with Gasteiger partial charge >= 0.3 is 0 Å². The van der Waals surface area contributed by atoms with Crippen molar-refractivity contribution in [3.63, 3.8) is 0 Å². The van der Waals surface area contributed by atoms with Gasteiger partial charge in [0.05, 0.1) is 12.0 Å². The molecule has 1 aromatic heterocycles. The van der Waals surface area contributed by atoms with Gasteiger partial charge in [-0.05, 0) is 12.8 Å². The van der Waals surface area contributed by atoms with E-state index in [2.05, 4.69) is 10.5 Å². The van der Waals surface area contributed by atoms with Crippen LogP contribution in [-0.2, 0) is 0 Å². The third-order valence-corrected chi connectivity index (χ3v) is 4.85. The Balaban J connectivity index is 2.19. The van der Waals surface area contributed by atoms with Crippen LogP contribution in [0.25, 0.3) is 0 Å². The SMILES string of the molecule is COc1csc(C(=O)NC2(C(N)=NO)CCCCCC2)c1. The van der Waals surface area contributed by atoms with E-state index >= 15 is 0 Å². The summed E-state index contributed by atoms with van der Waals surface area (Å²) in [5.74, 6) is 0.530. The van der Waals surface area contributed by atoms with Crippen molar-refractivity contribution in [1.29, 1.82) is 0 Å². The summed E-state index contributed by atoms with van der Waals surface area (Å²) < 4.78 is 5.09. The van der Waals surface area contributed by atoms with Gasteiger partial charge in [0.15, 0.2) is 5.84 Å². The van der Waals surface area contributed by atoms with Gasteiger partial charge in [0, 0.05) is 11.4 Å². The van der Waals surface area contributed by atoms with E-state index in [0.29, 0.717) is 23.5 Å². The molecule has 1 aromatic rings. The lowest BCUT2D eigenvalue weighted by Gasteiger charge is -2.32. The average molecular weight is 311 g/mol. The summed E-state index contributed by atoms with van der Waals surface area (Å²) >= 11 is 1.31. The molecule has 1 heterocycles. The van der Waals surface area contributed by atoms with Crippen LogP contribution in [0.1, 0.15) is 48.2 Å². The molecule has 116 valence electrons. The van der Waals surface area contributed by atoms with Crippen LogP contribution < -0.4 is 15.8 Å². The molecule has 0 aliphatic heterocycles. The first-order valence-electron chi connectivity index (χ1n) is 7.04. The summed E-state index contributed by atoms with van der Waals surface area (Å²) in [6.07, 6.45) is 5.48. The Morgan fingerprint density at radius 3 is 2.62 bits per heavy atom. The molecule has 1 aliphatic carbocycles. The summed E-state index contributed by atoms with van der Waals surface area (Å²) in [5.41, 5.74) is 5.12. The minimum Gasteiger partial charge on any atom is -0.496 e. The maximum atomic E-state index is 12.4. The van der Waals surface area contributed by atoms with E-state index in [4.69, 9.17) is 15.7 Å². The van der Waals surface area contributed by atoms with Crippen molar-refractivity contribution < 1.29 is 14.7 Å². The topological polar surface area (TPSA) is 96.9 Å². The van der Waals surface area contributed by atoms with Gasteiger partial charge < -0.3 is 21.0 Å². The lowest BCUT2D eigenvalue weighted by Crippen LogP contribution is -2.57. The molecule has 1 aliphatic rings. The summed E-state index contributed by atoms with van der Waals surface area (Å²) in [7, 11) is 1.56. The van der Waals surface area contributed by atoms with Crippen molar-refractivity contribution in [3.8, 4) is 5.75 Å². The molecule has 2 rings (SSSR count). The fourth-order valence-corrected chi connectivity index (χ4v) is 3.45. The number of oxime groups is 1. The quantitative estimate of drug-likeness (QED) is 0.261. The van der Waals surface area contributed by atoms with Crippen LogP contribution in [0.3, 0.4) is 0 Å². The van der Waals surface area contributed by atoms with Crippen LogP contribution in [0.2, 0.25) is 0 Å². The highest BCUT2D eigenvalue weighted by Crippen LogP contribution is 2.29. The normalized spacial score (nSPS) is 18.8. The second-order valence-electron chi connectivity index (χ2n) is 5.29. The van der Waals surface area contributed by atoms with Gasteiger partial charge in [-0.15, -0.1) is 11.3 Å². The highest BCUT2D eigenvalue weighted by molar-refractivity contribution is 7.12. The molecule has 0 aromatic carbocycles. The highest BCUT2D eigenvalue weighted by Gasteiger charge is 2.37.